The summed E-state index contributed by atoms with van der Waals surface area (Å²) >= 11 is 0. The third-order valence-corrected chi connectivity index (χ3v) is 3.11. The third kappa shape index (κ3) is 3.02. The average Bonchev–Trinajstić information content (AvgIpc) is 2.27. The summed E-state index contributed by atoms with van der Waals surface area (Å²) in [4.78, 5) is 26.6. The lowest BCUT2D eigenvalue weighted by molar-refractivity contribution is -0.133. The van der Waals surface area contributed by atoms with Gasteiger partial charge in [0.15, 0.2) is 0 Å². The molecule has 0 aromatic rings. The molecular weight excluding hydrogens is 192 g/mol. The van der Waals surface area contributed by atoms with Crippen LogP contribution in [0.5, 0.6) is 0 Å². The van der Waals surface area contributed by atoms with Crippen molar-refractivity contribution in [1.82, 2.24) is 9.80 Å². The molecule has 0 spiro atoms. The third-order valence-electron chi connectivity index (χ3n) is 3.11. The molecule has 86 valence electrons. The average molecular weight is 212 g/mol. The molecule has 1 aliphatic heterocycles. The predicted octanol–water partition coefficient (Wildman–Crippen LogP) is 0.518. The Bertz CT molecular complexity index is 245. The normalized spacial score (nSPS) is 20.1. The van der Waals surface area contributed by atoms with E-state index < -0.39 is 0 Å². The molecule has 15 heavy (non-hydrogen) atoms. The molecule has 0 bridgehead atoms. The van der Waals surface area contributed by atoms with E-state index in [4.69, 9.17) is 0 Å². The van der Waals surface area contributed by atoms with Crippen molar-refractivity contribution < 1.29 is 9.59 Å². The molecular formula is C11H20N2O2. The SMILES string of the molecule is CCC(=O)N1CCN(C(C)C(C)=O)CC1. The number of carbonyl (C=O) groups excluding carboxylic acids is 2. The topological polar surface area (TPSA) is 40.6 Å². The molecule has 1 unspecified atom stereocenters. The minimum Gasteiger partial charge on any atom is -0.340 e. The van der Waals surface area contributed by atoms with Crippen molar-refractivity contribution in [3.05, 3.63) is 0 Å². The molecule has 0 aromatic heterocycles. The molecule has 4 heteroatoms. The van der Waals surface area contributed by atoms with Gasteiger partial charge in [0.1, 0.15) is 5.78 Å². The summed E-state index contributed by atoms with van der Waals surface area (Å²) in [5.74, 6) is 0.412. The first-order chi connectivity index (χ1) is 7.06. The van der Waals surface area contributed by atoms with Crippen LogP contribution in [-0.4, -0.2) is 53.7 Å². The van der Waals surface area contributed by atoms with E-state index in [1.165, 1.54) is 0 Å². The Kier molecular flexibility index (Phi) is 4.27. The van der Waals surface area contributed by atoms with Gasteiger partial charge in [-0.2, -0.15) is 0 Å². The van der Waals surface area contributed by atoms with E-state index in [1.807, 2.05) is 18.7 Å². The lowest BCUT2D eigenvalue weighted by Crippen LogP contribution is -2.52. The highest BCUT2D eigenvalue weighted by atomic mass is 16.2. The number of nitrogens with zero attached hydrogens (tertiary/aromatic N) is 2. The number of Topliss-reactive ketones (excluding diaryl/α,β-unsaturated/α-hetero) is 1. The monoisotopic (exact) mass is 212 g/mol. The van der Waals surface area contributed by atoms with Crippen LogP contribution in [0, 0.1) is 0 Å². The van der Waals surface area contributed by atoms with E-state index in [2.05, 4.69) is 4.90 Å². The Labute approximate surface area is 91.2 Å². The van der Waals surface area contributed by atoms with Gasteiger partial charge in [-0.1, -0.05) is 6.92 Å². The Morgan fingerprint density at radius 2 is 1.73 bits per heavy atom. The summed E-state index contributed by atoms with van der Waals surface area (Å²) < 4.78 is 0. The molecule has 1 amide bonds. The molecule has 1 aliphatic rings. The zero-order valence-corrected chi connectivity index (χ0v) is 9.82. The molecule has 1 rings (SSSR count). The van der Waals surface area contributed by atoms with Crippen molar-refractivity contribution in [3.8, 4) is 0 Å². The maximum Gasteiger partial charge on any atom is 0.222 e. The number of carbonyl (C=O) groups is 2. The van der Waals surface area contributed by atoms with Crippen molar-refractivity contribution in [2.75, 3.05) is 26.2 Å². The summed E-state index contributed by atoms with van der Waals surface area (Å²) in [5, 5.41) is 0. The second-order valence-electron chi connectivity index (χ2n) is 4.06. The zero-order chi connectivity index (χ0) is 11.4. The maximum absolute atomic E-state index is 11.4. The summed E-state index contributed by atoms with van der Waals surface area (Å²) in [7, 11) is 0. The molecule has 0 saturated carbocycles. The van der Waals surface area contributed by atoms with Gasteiger partial charge in [0.25, 0.3) is 0 Å². The predicted molar refractivity (Wildman–Crippen MR) is 58.6 cm³/mol. The second kappa shape index (κ2) is 5.26. The van der Waals surface area contributed by atoms with Crippen LogP contribution < -0.4 is 0 Å². The van der Waals surface area contributed by atoms with E-state index in [-0.39, 0.29) is 17.7 Å². The summed E-state index contributed by atoms with van der Waals surface area (Å²) in [6.07, 6.45) is 0.572. The van der Waals surface area contributed by atoms with Gasteiger partial charge in [0.2, 0.25) is 5.91 Å². The lowest BCUT2D eigenvalue weighted by Gasteiger charge is -2.37. The molecule has 1 fully saturated rings. The Balaban J connectivity index is 2.42. The number of hydrogen-bond donors (Lipinski definition) is 0. The van der Waals surface area contributed by atoms with Crippen LogP contribution in [-0.2, 0) is 9.59 Å². The zero-order valence-electron chi connectivity index (χ0n) is 9.82. The summed E-state index contributed by atoms with van der Waals surface area (Å²) in [5.41, 5.74) is 0. The van der Waals surface area contributed by atoms with Gasteiger partial charge in [0, 0.05) is 32.6 Å². The van der Waals surface area contributed by atoms with E-state index in [0.29, 0.717) is 6.42 Å². The maximum atomic E-state index is 11.4. The summed E-state index contributed by atoms with van der Waals surface area (Å²) in [6.45, 7) is 8.56. The van der Waals surface area contributed by atoms with Gasteiger partial charge < -0.3 is 4.90 Å². The van der Waals surface area contributed by atoms with Gasteiger partial charge in [-0.05, 0) is 13.8 Å². The van der Waals surface area contributed by atoms with E-state index >= 15 is 0 Å². The Morgan fingerprint density at radius 3 is 2.13 bits per heavy atom. The largest absolute Gasteiger partial charge is 0.340 e. The van der Waals surface area contributed by atoms with Crippen LogP contribution in [0.25, 0.3) is 0 Å². The lowest BCUT2D eigenvalue weighted by atomic mass is 10.1. The van der Waals surface area contributed by atoms with Gasteiger partial charge in [-0.3, -0.25) is 14.5 Å². The number of hydrogen-bond acceptors (Lipinski definition) is 3. The van der Waals surface area contributed by atoms with Crippen molar-refractivity contribution in [1.29, 1.82) is 0 Å². The van der Waals surface area contributed by atoms with Crippen molar-refractivity contribution in [2.45, 2.75) is 33.2 Å². The first-order valence-corrected chi connectivity index (χ1v) is 5.58. The highest BCUT2D eigenvalue weighted by molar-refractivity contribution is 5.81. The van der Waals surface area contributed by atoms with Gasteiger partial charge in [-0.25, -0.2) is 0 Å². The first-order valence-electron chi connectivity index (χ1n) is 5.58. The van der Waals surface area contributed by atoms with Crippen LogP contribution in [0.3, 0.4) is 0 Å². The van der Waals surface area contributed by atoms with Gasteiger partial charge in [0.05, 0.1) is 6.04 Å². The molecule has 0 N–H and O–H groups in total. The fourth-order valence-electron chi connectivity index (χ4n) is 1.84. The molecule has 1 saturated heterocycles. The summed E-state index contributed by atoms with van der Waals surface area (Å²) in [6, 6.07) is -0.0103. The van der Waals surface area contributed by atoms with Crippen LogP contribution in [0.4, 0.5) is 0 Å². The fourth-order valence-corrected chi connectivity index (χ4v) is 1.84. The van der Waals surface area contributed by atoms with Gasteiger partial charge >= 0.3 is 0 Å². The van der Waals surface area contributed by atoms with E-state index in [0.717, 1.165) is 26.2 Å². The van der Waals surface area contributed by atoms with Gasteiger partial charge in [-0.15, -0.1) is 0 Å². The Hall–Kier alpha value is -0.900. The van der Waals surface area contributed by atoms with E-state index in [9.17, 15) is 9.59 Å². The molecule has 0 aromatic carbocycles. The molecule has 4 nitrogen and oxygen atoms in total. The smallest absolute Gasteiger partial charge is 0.222 e. The van der Waals surface area contributed by atoms with Crippen LogP contribution in [0.2, 0.25) is 0 Å². The number of rotatable bonds is 3. The quantitative estimate of drug-likeness (QED) is 0.684. The molecule has 0 aliphatic carbocycles. The minimum absolute atomic E-state index is 0.0103. The molecule has 0 radical (unpaired) electrons. The number of amides is 1. The van der Waals surface area contributed by atoms with Crippen LogP contribution >= 0.6 is 0 Å². The molecule has 1 atom stereocenters. The Morgan fingerprint density at radius 1 is 1.20 bits per heavy atom. The number of ketones is 1. The number of piperazine rings is 1. The van der Waals surface area contributed by atoms with Crippen molar-refractivity contribution >= 4 is 11.7 Å². The van der Waals surface area contributed by atoms with Crippen molar-refractivity contribution in [2.24, 2.45) is 0 Å². The van der Waals surface area contributed by atoms with Crippen LogP contribution in [0.1, 0.15) is 27.2 Å². The first kappa shape index (κ1) is 12.2. The fraction of sp³-hybridized carbons (Fsp3) is 0.818. The highest BCUT2D eigenvalue weighted by Gasteiger charge is 2.24. The molecule has 1 heterocycles. The standard InChI is InChI=1S/C11H20N2O2/c1-4-11(15)13-7-5-12(6-8-13)9(2)10(3)14/h9H,4-8H2,1-3H3. The minimum atomic E-state index is -0.0103. The van der Waals surface area contributed by atoms with Crippen LogP contribution in [0.15, 0.2) is 0 Å². The van der Waals surface area contributed by atoms with E-state index in [1.54, 1.807) is 6.92 Å². The highest BCUT2D eigenvalue weighted by Crippen LogP contribution is 2.07. The van der Waals surface area contributed by atoms with Crippen molar-refractivity contribution in [3.63, 3.8) is 0 Å². The second-order valence-corrected chi connectivity index (χ2v) is 4.06.